The highest BCUT2D eigenvalue weighted by Crippen LogP contribution is 2.33. The van der Waals surface area contributed by atoms with Gasteiger partial charge in [0, 0.05) is 23.7 Å². The molecule has 1 aromatic heterocycles. The second kappa shape index (κ2) is 13.4. The molecule has 216 valence electrons. The van der Waals surface area contributed by atoms with Crippen LogP contribution in [0.15, 0.2) is 48.5 Å². The molecule has 1 heterocycles. The lowest BCUT2D eigenvalue weighted by molar-refractivity contribution is -0.116. The van der Waals surface area contributed by atoms with Gasteiger partial charge in [0.25, 0.3) is 0 Å². The minimum atomic E-state index is -0.304. The van der Waals surface area contributed by atoms with Gasteiger partial charge in [-0.05, 0) is 41.5 Å². The van der Waals surface area contributed by atoms with E-state index in [0.29, 0.717) is 23.1 Å². The monoisotopic (exact) mass is 565 g/mol. The van der Waals surface area contributed by atoms with E-state index >= 15 is 0 Å². The summed E-state index contributed by atoms with van der Waals surface area (Å²) in [6.07, 6.45) is 1.69. The highest BCUT2D eigenvalue weighted by atomic mass is 35.5. The van der Waals surface area contributed by atoms with Gasteiger partial charge >= 0.3 is 6.03 Å². The number of amides is 3. The van der Waals surface area contributed by atoms with Crippen LogP contribution in [-0.2, 0) is 10.2 Å². The van der Waals surface area contributed by atoms with Crippen LogP contribution in [-0.4, -0.2) is 39.7 Å². The molecule has 0 atom stereocenters. The number of nitrogens with one attached hydrogen (secondary N) is 2. The van der Waals surface area contributed by atoms with Gasteiger partial charge < -0.3 is 15.5 Å². The number of carbonyl (C=O) groups is 2. The van der Waals surface area contributed by atoms with Gasteiger partial charge in [0.15, 0.2) is 0 Å². The summed E-state index contributed by atoms with van der Waals surface area (Å²) in [5.74, 6) is 0.680. The first kappa shape index (κ1) is 31.2. The van der Waals surface area contributed by atoms with Crippen molar-refractivity contribution in [1.82, 2.24) is 14.7 Å². The summed E-state index contributed by atoms with van der Waals surface area (Å²) in [6, 6.07) is 15.1. The number of hydrogen-bond acceptors (Lipinski definition) is 3. The van der Waals surface area contributed by atoms with Gasteiger partial charge in [-0.15, -0.1) is 0 Å². The molecule has 0 aliphatic rings. The number of benzene rings is 2. The molecule has 0 bridgehead atoms. The fourth-order valence-corrected chi connectivity index (χ4v) is 4.70. The van der Waals surface area contributed by atoms with E-state index in [9.17, 15) is 9.59 Å². The summed E-state index contributed by atoms with van der Waals surface area (Å²) >= 11 is 6.49. The zero-order valence-corrected chi connectivity index (χ0v) is 25.9. The summed E-state index contributed by atoms with van der Waals surface area (Å²) in [6.45, 7) is 17.1. The number of anilines is 2. The normalized spacial score (nSPS) is 11.7. The molecule has 3 aromatic rings. The lowest BCUT2D eigenvalue weighted by Gasteiger charge is -2.26. The van der Waals surface area contributed by atoms with Crippen LogP contribution in [0.5, 0.6) is 0 Å². The minimum Gasteiger partial charge on any atom is -0.315 e. The molecule has 7 nitrogen and oxygen atoms in total. The van der Waals surface area contributed by atoms with Crippen molar-refractivity contribution in [3.63, 3.8) is 0 Å². The van der Waals surface area contributed by atoms with E-state index < -0.39 is 0 Å². The Labute approximate surface area is 244 Å². The molecule has 0 spiro atoms. The SMILES string of the molecule is CCCCN(CC(=O)Nc1cc(C(C)(C)C)nn1-c1ccccc1Cl)C(=O)Nc1c(C(C)C)cccc1C(C)C. The van der Waals surface area contributed by atoms with Gasteiger partial charge in [0.1, 0.15) is 12.4 Å². The Balaban J connectivity index is 1.89. The average Bonchev–Trinajstić information content (AvgIpc) is 3.30. The number of unbranched alkanes of at least 4 members (excludes halogenated alkanes) is 1. The first-order valence-corrected chi connectivity index (χ1v) is 14.5. The number of carbonyl (C=O) groups excluding carboxylic acids is 2. The Kier molecular flexibility index (Phi) is 10.4. The van der Waals surface area contributed by atoms with Gasteiger partial charge in [-0.1, -0.05) is 104 Å². The third-order valence-corrected chi connectivity index (χ3v) is 7.15. The van der Waals surface area contributed by atoms with Crippen molar-refractivity contribution in [1.29, 1.82) is 0 Å². The number of nitrogens with zero attached hydrogens (tertiary/aromatic N) is 3. The van der Waals surface area contributed by atoms with Crippen LogP contribution in [0, 0.1) is 0 Å². The highest BCUT2D eigenvalue weighted by molar-refractivity contribution is 6.32. The van der Waals surface area contributed by atoms with Crippen LogP contribution in [0.25, 0.3) is 5.69 Å². The van der Waals surface area contributed by atoms with Crippen molar-refractivity contribution < 1.29 is 9.59 Å². The smallest absolute Gasteiger partial charge is 0.315 e. The van der Waals surface area contributed by atoms with Crippen LogP contribution < -0.4 is 10.6 Å². The van der Waals surface area contributed by atoms with E-state index in [1.165, 1.54) is 0 Å². The Bertz CT molecular complexity index is 1300. The summed E-state index contributed by atoms with van der Waals surface area (Å²) < 4.78 is 1.66. The molecule has 0 saturated carbocycles. The van der Waals surface area contributed by atoms with Crippen LogP contribution >= 0.6 is 11.6 Å². The topological polar surface area (TPSA) is 79.3 Å². The Morgan fingerprint density at radius 2 is 1.60 bits per heavy atom. The maximum atomic E-state index is 13.6. The molecule has 8 heteroatoms. The van der Waals surface area contributed by atoms with Crippen molar-refractivity contribution >= 4 is 35.0 Å². The molecule has 0 aliphatic heterocycles. The number of halogens is 1. The van der Waals surface area contributed by atoms with Crippen molar-refractivity contribution in [3.05, 3.63) is 70.4 Å². The molecule has 0 fully saturated rings. The number of para-hydroxylation sites is 2. The predicted octanol–water partition coefficient (Wildman–Crippen LogP) is 8.34. The number of aromatic nitrogens is 2. The van der Waals surface area contributed by atoms with Crippen LogP contribution in [0.1, 0.15) is 96.9 Å². The lowest BCUT2D eigenvalue weighted by atomic mass is 9.92. The zero-order valence-electron chi connectivity index (χ0n) is 25.1. The molecule has 3 amide bonds. The summed E-state index contributed by atoms with van der Waals surface area (Å²) in [7, 11) is 0. The van der Waals surface area contributed by atoms with E-state index in [0.717, 1.165) is 35.3 Å². The van der Waals surface area contributed by atoms with Gasteiger partial charge in [0.2, 0.25) is 5.91 Å². The first-order chi connectivity index (χ1) is 18.8. The van der Waals surface area contributed by atoms with E-state index in [1.54, 1.807) is 15.6 Å². The number of urea groups is 1. The fraction of sp³-hybridized carbons (Fsp3) is 0.469. The standard InChI is InChI=1S/C32H44ClN5O2/c1-9-10-18-37(31(40)35-30-23(21(2)3)14-13-15-24(30)22(4)5)20-29(39)34-28-19-27(32(6,7)8)36-38(28)26-17-12-11-16-25(26)33/h11-17,19,21-22H,9-10,18,20H2,1-8H3,(H,34,39)(H,35,40). The van der Waals surface area contributed by atoms with Crippen LogP contribution in [0.4, 0.5) is 16.3 Å². The van der Waals surface area contributed by atoms with Crippen molar-refractivity contribution in [3.8, 4) is 5.69 Å². The minimum absolute atomic E-state index is 0.0920. The van der Waals surface area contributed by atoms with Gasteiger partial charge in [-0.3, -0.25) is 4.79 Å². The van der Waals surface area contributed by atoms with E-state index in [-0.39, 0.29) is 35.7 Å². The van der Waals surface area contributed by atoms with E-state index in [2.05, 4.69) is 78.2 Å². The molecule has 0 radical (unpaired) electrons. The van der Waals surface area contributed by atoms with Gasteiger partial charge in [-0.2, -0.15) is 5.10 Å². The molecule has 0 aliphatic carbocycles. The quantitative estimate of drug-likeness (QED) is 0.259. The van der Waals surface area contributed by atoms with Crippen molar-refractivity contribution in [2.75, 3.05) is 23.7 Å². The molecule has 3 rings (SSSR count). The largest absolute Gasteiger partial charge is 0.322 e. The average molecular weight is 566 g/mol. The second-order valence-electron chi connectivity index (χ2n) is 11.9. The van der Waals surface area contributed by atoms with Crippen molar-refractivity contribution in [2.45, 2.75) is 85.5 Å². The molecule has 40 heavy (non-hydrogen) atoms. The van der Waals surface area contributed by atoms with Gasteiger partial charge in [-0.25, -0.2) is 9.48 Å². The summed E-state index contributed by atoms with van der Waals surface area (Å²) in [5, 5.41) is 11.4. The van der Waals surface area contributed by atoms with Gasteiger partial charge in [0.05, 0.1) is 16.4 Å². The van der Waals surface area contributed by atoms with Crippen LogP contribution in [0.3, 0.4) is 0 Å². The molecule has 0 saturated heterocycles. The third kappa shape index (κ3) is 7.66. The molecular formula is C32H44ClN5O2. The van der Waals surface area contributed by atoms with Crippen LogP contribution in [0.2, 0.25) is 5.02 Å². The first-order valence-electron chi connectivity index (χ1n) is 14.2. The maximum absolute atomic E-state index is 13.6. The lowest BCUT2D eigenvalue weighted by Crippen LogP contribution is -2.41. The Morgan fingerprint density at radius 1 is 0.975 bits per heavy atom. The number of rotatable bonds is 10. The summed E-state index contributed by atoms with van der Waals surface area (Å²) in [4.78, 5) is 28.6. The fourth-order valence-electron chi connectivity index (χ4n) is 4.48. The maximum Gasteiger partial charge on any atom is 0.322 e. The van der Waals surface area contributed by atoms with E-state index in [1.807, 2.05) is 30.3 Å². The zero-order chi connectivity index (χ0) is 29.6. The Hall–Kier alpha value is -3.32. The second-order valence-corrected chi connectivity index (χ2v) is 12.3. The summed E-state index contributed by atoms with van der Waals surface area (Å²) in [5.41, 5.74) is 4.25. The Morgan fingerprint density at radius 3 is 2.15 bits per heavy atom. The van der Waals surface area contributed by atoms with E-state index in [4.69, 9.17) is 16.7 Å². The van der Waals surface area contributed by atoms with Crippen molar-refractivity contribution in [2.24, 2.45) is 0 Å². The highest BCUT2D eigenvalue weighted by Gasteiger charge is 2.25. The molecule has 2 N–H and O–H groups in total. The number of hydrogen-bond donors (Lipinski definition) is 2. The molecule has 0 unspecified atom stereocenters. The predicted molar refractivity (Wildman–Crippen MR) is 166 cm³/mol. The molecule has 2 aromatic carbocycles. The molecular weight excluding hydrogens is 522 g/mol. The third-order valence-electron chi connectivity index (χ3n) is 6.83.